The Balaban J connectivity index is 1.69. The molecular weight excluding hydrogens is 495 g/mol. The van der Waals surface area contributed by atoms with Gasteiger partial charge < -0.3 is 14.6 Å². The number of rotatable bonds is 9. The fourth-order valence-electron chi connectivity index (χ4n) is 3.10. The van der Waals surface area contributed by atoms with Crippen LogP contribution in [0.2, 0.25) is 0 Å². The molecule has 1 atom stereocenters. The summed E-state index contributed by atoms with van der Waals surface area (Å²) < 4.78 is 22.1. The van der Waals surface area contributed by atoms with E-state index in [1.807, 2.05) is 36.6 Å². The van der Waals surface area contributed by atoms with Gasteiger partial charge in [-0.15, -0.1) is 10.2 Å². The highest BCUT2D eigenvalue weighted by molar-refractivity contribution is 9.10. The van der Waals surface area contributed by atoms with Crippen LogP contribution in [0.15, 0.2) is 52.1 Å². The summed E-state index contributed by atoms with van der Waals surface area (Å²) >= 11 is 4.76. The first-order valence-corrected chi connectivity index (χ1v) is 12.0. The number of carbonyl (C=O) groups is 1. The Morgan fingerprint density at radius 2 is 1.91 bits per heavy atom. The van der Waals surface area contributed by atoms with Gasteiger partial charge in [0.1, 0.15) is 11.6 Å². The van der Waals surface area contributed by atoms with Crippen LogP contribution in [0.1, 0.15) is 38.3 Å². The molecule has 1 amide bonds. The van der Waals surface area contributed by atoms with E-state index in [0.29, 0.717) is 29.2 Å². The van der Waals surface area contributed by atoms with E-state index in [4.69, 9.17) is 4.74 Å². The lowest BCUT2D eigenvalue weighted by atomic mass is 10.2. The number of benzene rings is 2. The van der Waals surface area contributed by atoms with Crippen molar-refractivity contribution in [3.8, 4) is 5.75 Å². The number of halogens is 2. The molecular formula is C23H26BrFN4O2S. The monoisotopic (exact) mass is 520 g/mol. The molecule has 1 unspecified atom stereocenters. The summed E-state index contributed by atoms with van der Waals surface area (Å²) in [4.78, 5) is 12.5. The summed E-state index contributed by atoms with van der Waals surface area (Å²) in [6.45, 7) is 8.72. The van der Waals surface area contributed by atoms with Gasteiger partial charge in [0.2, 0.25) is 5.91 Å². The molecule has 0 aliphatic carbocycles. The van der Waals surface area contributed by atoms with Gasteiger partial charge in [-0.2, -0.15) is 0 Å². The maximum absolute atomic E-state index is 13.2. The summed E-state index contributed by atoms with van der Waals surface area (Å²) in [5, 5.41) is 12.2. The van der Waals surface area contributed by atoms with Crippen molar-refractivity contribution in [2.75, 3.05) is 11.1 Å². The van der Waals surface area contributed by atoms with E-state index in [1.165, 1.54) is 23.9 Å². The Morgan fingerprint density at radius 3 is 2.56 bits per heavy atom. The molecule has 170 valence electrons. The van der Waals surface area contributed by atoms with Gasteiger partial charge in [-0.3, -0.25) is 4.79 Å². The predicted octanol–water partition coefficient (Wildman–Crippen LogP) is 6.01. The summed E-state index contributed by atoms with van der Waals surface area (Å²) in [5.41, 5.74) is 1.76. The van der Waals surface area contributed by atoms with E-state index in [2.05, 4.69) is 45.3 Å². The Bertz CT molecular complexity index is 1070. The Hall–Kier alpha value is -2.39. The zero-order valence-corrected chi connectivity index (χ0v) is 20.8. The SMILES string of the molecule is Cc1cc(Br)ccc1NC(=O)CSc1nnc(C(C)Oc2ccc(F)cc2)n1CC(C)C. The van der Waals surface area contributed by atoms with Crippen LogP contribution in [-0.2, 0) is 11.3 Å². The van der Waals surface area contributed by atoms with E-state index < -0.39 is 0 Å². The second kappa shape index (κ2) is 11.0. The maximum atomic E-state index is 13.2. The third-order valence-electron chi connectivity index (χ3n) is 4.58. The molecule has 0 fully saturated rings. The van der Waals surface area contributed by atoms with Crippen LogP contribution in [0.25, 0.3) is 0 Å². The Labute approximate surface area is 200 Å². The van der Waals surface area contributed by atoms with Crippen molar-refractivity contribution in [1.82, 2.24) is 14.8 Å². The number of amides is 1. The fourth-order valence-corrected chi connectivity index (χ4v) is 4.33. The molecule has 1 aromatic heterocycles. The lowest BCUT2D eigenvalue weighted by Crippen LogP contribution is -2.17. The average molecular weight is 521 g/mol. The minimum Gasteiger partial charge on any atom is -0.483 e. The highest BCUT2D eigenvalue weighted by Gasteiger charge is 2.21. The molecule has 1 N–H and O–H groups in total. The second-order valence-corrected chi connectivity index (χ2v) is 9.71. The predicted molar refractivity (Wildman–Crippen MR) is 129 cm³/mol. The molecule has 6 nitrogen and oxygen atoms in total. The number of aryl methyl sites for hydroxylation is 1. The molecule has 0 radical (unpaired) electrons. The zero-order chi connectivity index (χ0) is 23.3. The highest BCUT2D eigenvalue weighted by Crippen LogP contribution is 2.26. The third kappa shape index (κ3) is 6.56. The average Bonchev–Trinajstić information content (AvgIpc) is 3.12. The van der Waals surface area contributed by atoms with Gasteiger partial charge in [-0.1, -0.05) is 41.5 Å². The minimum atomic E-state index is -0.389. The third-order valence-corrected chi connectivity index (χ3v) is 6.04. The van der Waals surface area contributed by atoms with Crippen LogP contribution in [0.3, 0.4) is 0 Å². The lowest BCUT2D eigenvalue weighted by Gasteiger charge is -2.18. The van der Waals surface area contributed by atoms with Crippen LogP contribution in [-0.4, -0.2) is 26.4 Å². The molecule has 3 rings (SSSR count). The smallest absolute Gasteiger partial charge is 0.234 e. The number of hydrogen-bond acceptors (Lipinski definition) is 5. The van der Waals surface area contributed by atoms with E-state index in [-0.39, 0.29) is 23.6 Å². The van der Waals surface area contributed by atoms with Crippen LogP contribution in [0.5, 0.6) is 5.75 Å². The van der Waals surface area contributed by atoms with Gasteiger partial charge in [-0.05, 0) is 67.8 Å². The second-order valence-electron chi connectivity index (χ2n) is 7.86. The largest absolute Gasteiger partial charge is 0.483 e. The fraction of sp³-hybridized carbons (Fsp3) is 0.348. The van der Waals surface area contributed by atoms with Crippen LogP contribution in [0, 0.1) is 18.7 Å². The molecule has 0 aliphatic heterocycles. The van der Waals surface area contributed by atoms with Crippen molar-refractivity contribution in [2.24, 2.45) is 5.92 Å². The van der Waals surface area contributed by atoms with Gasteiger partial charge in [0.25, 0.3) is 0 Å². The first-order valence-electron chi connectivity index (χ1n) is 10.3. The number of nitrogens with one attached hydrogen (secondary N) is 1. The van der Waals surface area contributed by atoms with E-state index >= 15 is 0 Å². The van der Waals surface area contributed by atoms with Crippen LogP contribution >= 0.6 is 27.7 Å². The molecule has 0 saturated heterocycles. The molecule has 9 heteroatoms. The standard InChI is InChI=1S/C23H26BrFN4O2S/c1-14(2)12-29-22(16(4)31-19-8-6-18(25)7-9-19)27-28-23(29)32-13-21(30)26-20-10-5-17(24)11-15(20)3/h5-11,14,16H,12-13H2,1-4H3,(H,26,30). The Morgan fingerprint density at radius 1 is 1.19 bits per heavy atom. The summed E-state index contributed by atoms with van der Waals surface area (Å²) in [6, 6.07) is 11.6. The number of nitrogens with zero attached hydrogens (tertiary/aromatic N) is 3. The van der Waals surface area contributed by atoms with Gasteiger partial charge in [0.05, 0.1) is 5.75 Å². The van der Waals surface area contributed by atoms with Gasteiger partial charge in [0, 0.05) is 16.7 Å². The van der Waals surface area contributed by atoms with E-state index in [0.717, 1.165) is 15.7 Å². The maximum Gasteiger partial charge on any atom is 0.234 e. The van der Waals surface area contributed by atoms with Gasteiger partial charge in [0.15, 0.2) is 17.1 Å². The molecule has 1 heterocycles. The highest BCUT2D eigenvalue weighted by atomic mass is 79.9. The summed E-state index contributed by atoms with van der Waals surface area (Å²) in [6.07, 6.45) is -0.389. The van der Waals surface area contributed by atoms with E-state index in [1.54, 1.807) is 12.1 Å². The Kier molecular flexibility index (Phi) is 8.31. The number of carbonyl (C=O) groups excluding carboxylic acids is 1. The quantitative estimate of drug-likeness (QED) is 0.349. The normalized spacial score (nSPS) is 12.1. The molecule has 0 bridgehead atoms. The number of thioether (sulfide) groups is 1. The number of aromatic nitrogens is 3. The molecule has 3 aromatic rings. The molecule has 0 saturated carbocycles. The summed E-state index contributed by atoms with van der Waals surface area (Å²) in [5.74, 6) is 1.34. The topological polar surface area (TPSA) is 69.0 Å². The minimum absolute atomic E-state index is 0.114. The first-order chi connectivity index (χ1) is 15.2. The van der Waals surface area contributed by atoms with Crippen molar-refractivity contribution in [2.45, 2.75) is 45.5 Å². The molecule has 32 heavy (non-hydrogen) atoms. The zero-order valence-electron chi connectivity index (χ0n) is 18.4. The number of ether oxygens (including phenoxy) is 1. The molecule has 0 aliphatic rings. The molecule has 2 aromatic carbocycles. The van der Waals surface area contributed by atoms with Crippen molar-refractivity contribution in [1.29, 1.82) is 0 Å². The van der Waals surface area contributed by atoms with Crippen molar-refractivity contribution >= 4 is 39.3 Å². The van der Waals surface area contributed by atoms with E-state index in [9.17, 15) is 9.18 Å². The van der Waals surface area contributed by atoms with Crippen molar-refractivity contribution < 1.29 is 13.9 Å². The van der Waals surface area contributed by atoms with Crippen LogP contribution < -0.4 is 10.1 Å². The van der Waals surface area contributed by atoms with Crippen molar-refractivity contribution in [3.63, 3.8) is 0 Å². The summed E-state index contributed by atoms with van der Waals surface area (Å²) in [7, 11) is 0. The van der Waals surface area contributed by atoms with Crippen LogP contribution in [0.4, 0.5) is 10.1 Å². The molecule has 0 spiro atoms. The first kappa shape index (κ1) is 24.3. The number of anilines is 1. The van der Waals surface area contributed by atoms with Gasteiger partial charge in [-0.25, -0.2) is 4.39 Å². The lowest BCUT2D eigenvalue weighted by molar-refractivity contribution is -0.113. The number of hydrogen-bond donors (Lipinski definition) is 1. The van der Waals surface area contributed by atoms with Crippen molar-refractivity contribution in [3.05, 3.63) is 64.1 Å². The van der Waals surface area contributed by atoms with Gasteiger partial charge >= 0.3 is 0 Å².